The minimum absolute atomic E-state index is 0.00159. The van der Waals surface area contributed by atoms with Gasteiger partial charge in [0.05, 0.1) is 17.0 Å². The maximum atomic E-state index is 12.5. The molecule has 0 aromatic heterocycles. The fourth-order valence-corrected chi connectivity index (χ4v) is 3.19. The Labute approximate surface area is 149 Å². The van der Waals surface area contributed by atoms with Gasteiger partial charge in [-0.15, -0.1) is 0 Å². The van der Waals surface area contributed by atoms with Crippen molar-refractivity contribution >= 4 is 44.8 Å². The Morgan fingerprint density at radius 2 is 1.64 bits per heavy atom. The number of hydrogen-bond acceptors (Lipinski definition) is 5. The molecule has 0 saturated carbocycles. The van der Waals surface area contributed by atoms with Crippen LogP contribution in [0.5, 0.6) is 0 Å². The summed E-state index contributed by atoms with van der Waals surface area (Å²) in [7, 11) is -3.78. The minimum atomic E-state index is -3.78. The van der Waals surface area contributed by atoms with Gasteiger partial charge in [-0.25, -0.2) is 18.5 Å². The number of benzene rings is 2. The molecule has 2 amide bonds. The molecule has 0 aliphatic carbocycles. The molecule has 1 aliphatic heterocycles. The van der Waals surface area contributed by atoms with Gasteiger partial charge in [-0.3, -0.25) is 9.59 Å². The summed E-state index contributed by atoms with van der Waals surface area (Å²) in [5, 5.41) is 8.48. The van der Waals surface area contributed by atoms with Gasteiger partial charge in [0.15, 0.2) is 0 Å². The summed E-state index contributed by atoms with van der Waals surface area (Å²) in [5.74, 6) is -0.714. The van der Waals surface area contributed by atoms with Gasteiger partial charge in [-0.2, -0.15) is 0 Å². The lowest BCUT2D eigenvalue weighted by Gasteiger charge is -2.16. The van der Waals surface area contributed by atoms with E-state index in [1.807, 2.05) is 0 Å². The van der Waals surface area contributed by atoms with Gasteiger partial charge in [0.2, 0.25) is 15.9 Å². The molecule has 1 saturated heterocycles. The van der Waals surface area contributed by atoms with Gasteiger partial charge >= 0.3 is 0 Å². The van der Waals surface area contributed by atoms with E-state index in [9.17, 15) is 18.0 Å². The fourth-order valence-electron chi connectivity index (χ4n) is 2.55. The highest BCUT2D eigenvalue weighted by molar-refractivity contribution is 7.89. The van der Waals surface area contributed by atoms with Crippen LogP contribution in [0.15, 0.2) is 53.4 Å². The number of sulfonamides is 1. The standard InChI is InChI=1S/C16H14ClN3O4S/c17-10-1-5-12(6-2-10)20-15(21)9-14(16(20)22)19-11-3-7-13(8-4-11)25(18,23)24/h1-8,14,19H,9H2,(H2,18,23,24)/t14-/m0/s1. The van der Waals surface area contributed by atoms with Crippen LogP contribution >= 0.6 is 11.6 Å². The number of nitrogens with zero attached hydrogens (tertiary/aromatic N) is 1. The largest absolute Gasteiger partial charge is 0.373 e. The van der Waals surface area contributed by atoms with E-state index in [0.29, 0.717) is 16.4 Å². The minimum Gasteiger partial charge on any atom is -0.373 e. The van der Waals surface area contributed by atoms with Crippen LogP contribution in [0.1, 0.15) is 6.42 Å². The molecule has 25 heavy (non-hydrogen) atoms. The van der Waals surface area contributed by atoms with Gasteiger partial charge in [-0.05, 0) is 48.5 Å². The Kier molecular flexibility index (Phi) is 4.51. The van der Waals surface area contributed by atoms with Crippen molar-refractivity contribution in [3.63, 3.8) is 0 Å². The van der Waals surface area contributed by atoms with Crippen molar-refractivity contribution in [2.24, 2.45) is 5.14 Å². The molecule has 3 rings (SSSR count). The third-order valence-electron chi connectivity index (χ3n) is 3.76. The normalized spacial score (nSPS) is 17.8. The van der Waals surface area contributed by atoms with E-state index in [4.69, 9.17) is 16.7 Å². The van der Waals surface area contributed by atoms with Crippen LogP contribution in [0.3, 0.4) is 0 Å². The van der Waals surface area contributed by atoms with Gasteiger partial charge in [0.25, 0.3) is 5.91 Å². The van der Waals surface area contributed by atoms with Crippen LogP contribution in [-0.2, 0) is 19.6 Å². The number of hydrogen-bond donors (Lipinski definition) is 2. The number of nitrogens with two attached hydrogens (primary N) is 1. The average molecular weight is 380 g/mol. The predicted molar refractivity (Wildman–Crippen MR) is 93.8 cm³/mol. The highest BCUT2D eigenvalue weighted by Gasteiger charge is 2.39. The first-order valence-corrected chi connectivity index (χ1v) is 9.20. The van der Waals surface area contributed by atoms with E-state index in [2.05, 4.69) is 5.32 Å². The number of rotatable bonds is 4. The summed E-state index contributed by atoms with van der Waals surface area (Å²) in [5.41, 5.74) is 0.963. The number of halogens is 1. The number of anilines is 2. The van der Waals surface area contributed by atoms with Crippen molar-refractivity contribution in [1.82, 2.24) is 0 Å². The summed E-state index contributed by atoms with van der Waals surface area (Å²) < 4.78 is 22.5. The summed E-state index contributed by atoms with van der Waals surface area (Å²) in [4.78, 5) is 25.8. The zero-order valence-electron chi connectivity index (χ0n) is 12.8. The van der Waals surface area contributed by atoms with E-state index in [-0.39, 0.29) is 23.1 Å². The lowest BCUT2D eigenvalue weighted by Crippen LogP contribution is -2.34. The molecule has 0 spiro atoms. The summed E-state index contributed by atoms with van der Waals surface area (Å²) in [6.45, 7) is 0. The molecule has 1 aliphatic rings. The van der Waals surface area contributed by atoms with E-state index in [0.717, 1.165) is 4.90 Å². The van der Waals surface area contributed by atoms with Crippen molar-refractivity contribution in [1.29, 1.82) is 0 Å². The fraction of sp³-hybridized carbons (Fsp3) is 0.125. The summed E-state index contributed by atoms with van der Waals surface area (Å²) in [6.07, 6.45) is -0.00159. The number of carbonyl (C=O) groups excluding carboxylic acids is 2. The topological polar surface area (TPSA) is 110 Å². The van der Waals surface area contributed by atoms with Crippen LogP contribution < -0.4 is 15.4 Å². The lowest BCUT2D eigenvalue weighted by molar-refractivity contribution is -0.121. The Hall–Kier alpha value is -2.42. The molecule has 2 aromatic carbocycles. The number of primary sulfonamides is 1. The number of imide groups is 1. The maximum absolute atomic E-state index is 12.5. The van der Waals surface area contributed by atoms with E-state index in [1.165, 1.54) is 24.3 Å². The van der Waals surface area contributed by atoms with Crippen LogP contribution in [0.2, 0.25) is 5.02 Å². The van der Waals surface area contributed by atoms with Crippen molar-refractivity contribution in [2.45, 2.75) is 17.4 Å². The molecule has 1 fully saturated rings. The molecule has 2 aromatic rings. The predicted octanol–water partition coefficient (Wildman–Crippen LogP) is 1.73. The molecule has 0 bridgehead atoms. The Balaban J connectivity index is 1.77. The van der Waals surface area contributed by atoms with Gasteiger partial charge in [0, 0.05) is 10.7 Å². The highest BCUT2D eigenvalue weighted by atomic mass is 35.5. The van der Waals surface area contributed by atoms with Crippen molar-refractivity contribution in [2.75, 3.05) is 10.2 Å². The first kappa shape index (κ1) is 17.4. The van der Waals surface area contributed by atoms with Gasteiger partial charge in [0.1, 0.15) is 6.04 Å². The van der Waals surface area contributed by atoms with Crippen LogP contribution in [0.25, 0.3) is 0 Å². The molecule has 0 unspecified atom stereocenters. The molecule has 130 valence electrons. The highest BCUT2D eigenvalue weighted by Crippen LogP contribution is 2.26. The van der Waals surface area contributed by atoms with E-state index in [1.54, 1.807) is 24.3 Å². The molecule has 1 atom stereocenters. The maximum Gasteiger partial charge on any atom is 0.256 e. The summed E-state index contributed by atoms with van der Waals surface area (Å²) in [6, 6.07) is 11.3. The molecule has 9 heteroatoms. The zero-order valence-corrected chi connectivity index (χ0v) is 14.4. The third kappa shape index (κ3) is 3.65. The second-order valence-electron chi connectivity index (χ2n) is 5.51. The van der Waals surface area contributed by atoms with E-state index >= 15 is 0 Å². The van der Waals surface area contributed by atoms with Gasteiger partial charge < -0.3 is 5.32 Å². The number of carbonyl (C=O) groups is 2. The molecular formula is C16H14ClN3O4S. The Morgan fingerprint density at radius 1 is 1.04 bits per heavy atom. The molecule has 1 heterocycles. The third-order valence-corrected chi connectivity index (χ3v) is 4.94. The number of amides is 2. The van der Waals surface area contributed by atoms with E-state index < -0.39 is 16.1 Å². The monoisotopic (exact) mass is 379 g/mol. The molecule has 0 radical (unpaired) electrons. The second kappa shape index (κ2) is 6.47. The van der Waals surface area contributed by atoms with Crippen molar-refractivity contribution in [3.05, 3.63) is 53.6 Å². The van der Waals surface area contributed by atoms with Crippen LogP contribution in [0, 0.1) is 0 Å². The Bertz CT molecular complexity index is 927. The first-order valence-electron chi connectivity index (χ1n) is 7.27. The first-order chi connectivity index (χ1) is 11.8. The van der Waals surface area contributed by atoms with Crippen molar-refractivity contribution < 1.29 is 18.0 Å². The molecule has 7 nitrogen and oxygen atoms in total. The summed E-state index contributed by atoms with van der Waals surface area (Å²) >= 11 is 5.82. The molecule has 3 N–H and O–H groups in total. The average Bonchev–Trinajstić information content (AvgIpc) is 2.82. The van der Waals surface area contributed by atoms with Crippen LogP contribution in [0.4, 0.5) is 11.4 Å². The smallest absolute Gasteiger partial charge is 0.256 e. The van der Waals surface area contributed by atoms with Crippen LogP contribution in [-0.4, -0.2) is 26.3 Å². The van der Waals surface area contributed by atoms with Crippen molar-refractivity contribution in [3.8, 4) is 0 Å². The van der Waals surface area contributed by atoms with Gasteiger partial charge in [-0.1, -0.05) is 11.6 Å². The quantitative estimate of drug-likeness (QED) is 0.786. The number of nitrogens with one attached hydrogen (secondary N) is 1. The zero-order chi connectivity index (χ0) is 18.2. The molecular weight excluding hydrogens is 366 g/mol. The second-order valence-corrected chi connectivity index (χ2v) is 7.51. The Morgan fingerprint density at radius 3 is 2.20 bits per heavy atom. The SMILES string of the molecule is NS(=O)(=O)c1ccc(N[C@H]2CC(=O)N(c3ccc(Cl)cc3)C2=O)cc1. The lowest BCUT2D eigenvalue weighted by atomic mass is 10.2.